The molecule has 27 heavy (non-hydrogen) atoms. The number of carbonyl (C=O) groups excluding carboxylic acids is 1. The summed E-state index contributed by atoms with van der Waals surface area (Å²) >= 11 is 12.0. The van der Waals surface area contributed by atoms with Crippen LogP contribution in [-0.4, -0.2) is 10.8 Å². The Kier molecular flexibility index (Phi) is 5.21. The van der Waals surface area contributed by atoms with Gasteiger partial charge in [-0.25, -0.2) is 0 Å². The number of carbonyl (C=O) groups is 1. The number of nitro groups is 1. The molecule has 8 heteroatoms. The predicted molar refractivity (Wildman–Crippen MR) is 105 cm³/mol. The Balaban J connectivity index is 1.92. The number of rotatable bonds is 4. The predicted octanol–water partition coefficient (Wildman–Crippen LogP) is 6.03. The number of benzene rings is 2. The van der Waals surface area contributed by atoms with Crippen molar-refractivity contribution in [1.82, 2.24) is 0 Å². The molecule has 1 N–H and O–H groups in total. The summed E-state index contributed by atoms with van der Waals surface area (Å²) in [6, 6.07) is 11.0. The first kappa shape index (κ1) is 18.9. The van der Waals surface area contributed by atoms with Gasteiger partial charge in [-0.2, -0.15) is 0 Å². The Labute approximate surface area is 164 Å². The van der Waals surface area contributed by atoms with Gasteiger partial charge in [0.1, 0.15) is 11.4 Å². The topological polar surface area (TPSA) is 85.4 Å². The molecule has 3 rings (SSSR count). The number of nitrogens with one attached hydrogen (secondary N) is 1. The Morgan fingerprint density at radius 1 is 1.11 bits per heavy atom. The molecule has 0 saturated carbocycles. The summed E-state index contributed by atoms with van der Waals surface area (Å²) in [5, 5.41) is 14.7. The molecule has 0 aliphatic carbocycles. The van der Waals surface area contributed by atoms with E-state index in [1.807, 2.05) is 6.92 Å². The summed E-state index contributed by atoms with van der Waals surface area (Å²) in [5.41, 5.74) is 1.98. The molecular formula is C19H14Cl2N2O4. The first-order chi connectivity index (χ1) is 12.8. The third-order valence-corrected chi connectivity index (χ3v) is 4.72. The highest BCUT2D eigenvalue weighted by molar-refractivity contribution is 6.36. The monoisotopic (exact) mass is 404 g/mol. The van der Waals surface area contributed by atoms with Gasteiger partial charge in [-0.1, -0.05) is 29.3 Å². The third-order valence-electron chi connectivity index (χ3n) is 4.18. The number of nitro benzene ring substituents is 1. The molecule has 1 heterocycles. The number of hydrogen-bond acceptors (Lipinski definition) is 4. The Morgan fingerprint density at radius 3 is 2.52 bits per heavy atom. The number of furan rings is 1. The van der Waals surface area contributed by atoms with Crippen molar-refractivity contribution in [2.45, 2.75) is 13.8 Å². The third kappa shape index (κ3) is 3.82. The van der Waals surface area contributed by atoms with E-state index in [-0.39, 0.29) is 17.1 Å². The van der Waals surface area contributed by atoms with Crippen molar-refractivity contribution < 1.29 is 14.1 Å². The first-order valence-electron chi connectivity index (χ1n) is 7.89. The Morgan fingerprint density at radius 2 is 1.85 bits per heavy atom. The van der Waals surface area contributed by atoms with Gasteiger partial charge in [0.15, 0.2) is 5.76 Å². The second-order valence-electron chi connectivity index (χ2n) is 5.90. The molecule has 2 aromatic carbocycles. The van der Waals surface area contributed by atoms with Gasteiger partial charge in [0.05, 0.1) is 9.95 Å². The van der Waals surface area contributed by atoms with Crippen LogP contribution in [0.3, 0.4) is 0 Å². The van der Waals surface area contributed by atoms with Crippen LogP contribution < -0.4 is 5.32 Å². The van der Waals surface area contributed by atoms with Crippen LogP contribution in [-0.2, 0) is 0 Å². The highest BCUT2D eigenvalue weighted by atomic mass is 35.5. The van der Waals surface area contributed by atoms with E-state index in [1.54, 1.807) is 37.3 Å². The van der Waals surface area contributed by atoms with Crippen LogP contribution in [0.25, 0.3) is 11.3 Å². The molecule has 3 aromatic rings. The number of aryl methyl sites for hydroxylation is 1. The second kappa shape index (κ2) is 7.42. The van der Waals surface area contributed by atoms with Crippen LogP contribution in [0.1, 0.15) is 21.7 Å². The fraction of sp³-hybridized carbons (Fsp3) is 0.105. The van der Waals surface area contributed by atoms with E-state index in [4.69, 9.17) is 27.6 Å². The average Bonchev–Trinajstić information content (AvgIpc) is 3.08. The minimum atomic E-state index is -0.594. The summed E-state index contributed by atoms with van der Waals surface area (Å²) in [4.78, 5) is 23.3. The molecule has 1 amide bonds. The van der Waals surface area contributed by atoms with Gasteiger partial charge < -0.3 is 9.73 Å². The van der Waals surface area contributed by atoms with Gasteiger partial charge in [-0.3, -0.25) is 14.9 Å². The minimum absolute atomic E-state index is 0.00576. The highest BCUT2D eigenvalue weighted by Crippen LogP contribution is 2.33. The van der Waals surface area contributed by atoms with E-state index in [0.717, 1.165) is 5.56 Å². The van der Waals surface area contributed by atoms with E-state index in [0.29, 0.717) is 26.9 Å². The molecule has 1 aromatic heterocycles. The minimum Gasteiger partial charge on any atom is -0.451 e. The normalized spacial score (nSPS) is 10.7. The Hall–Kier alpha value is -2.83. The lowest BCUT2D eigenvalue weighted by Gasteiger charge is -2.10. The smallest absolute Gasteiger partial charge is 0.293 e. The summed E-state index contributed by atoms with van der Waals surface area (Å²) in [6.45, 7) is 3.52. The van der Waals surface area contributed by atoms with Gasteiger partial charge >= 0.3 is 0 Å². The first-order valence-corrected chi connectivity index (χ1v) is 8.64. The van der Waals surface area contributed by atoms with Gasteiger partial charge in [0, 0.05) is 16.7 Å². The van der Waals surface area contributed by atoms with E-state index in [2.05, 4.69) is 5.32 Å². The zero-order valence-electron chi connectivity index (χ0n) is 14.4. The van der Waals surface area contributed by atoms with Crippen LogP contribution >= 0.6 is 23.2 Å². The van der Waals surface area contributed by atoms with Crippen LogP contribution in [0.15, 0.2) is 46.9 Å². The summed E-state index contributed by atoms with van der Waals surface area (Å²) in [5.74, 6) is -0.202. The van der Waals surface area contributed by atoms with Gasteiger partial charge in [-0.15, -0.1) is 0 Å². The number of hydrogen-bond donors (Lipinski definition) is 1. The van der Waals surface area contributed by atoms with Crippen molar-refractivity contribution in [2.75, 3.05) is 5.32 Å². The summed E-state index contributed by atoms with van der Waals surface area (Å²) in [7, 11) is 0. The standard InChI is InChI=1S/C19H14Cl2N2O4/c1-10-3-6-15(23(25)26)18(11(10)2)22-19(24)17-8-7-16(27-17)13-5-4-12(20)9-14(13)21/h3-9H,1-2H3,(H,22,24). The maximum atomic E-state index is 12.6. The van der Waals surface area contributed by atoms with Crippen molar-refractivity contribution in [1.29, 1.82) is 0 Å². The van der Waals surface area contributed by atoms with Crippen LogP contribution in [0, 0.1) is 24.0 Å². The van der Waals surface area contributed by atoms with E-state index in [9.17, 15) is 14.9 Å². The molecule has 0 aliphatic heterocycles. The van der Waals surface area contributed by atoms with Crippen LogP contribution in [0.5, 0.6) is 0 Å². The molecule has 6 nitrogen and oxygen atoms in total. The molecule has 0 aliphatic rings. The zero-order chi connectivity index (χ0) is 19.7. The van der Waals surface area contributed by atoms with Crippen molar-refractivity contribution in [3.63, 3.8) is 0 Å². The Bertz CT molecular complexity index is 1060. The van der Waals surface area contributed by atoms with Crippen LogP contribution in [0.4, 0.5) is 11.4 Å². The van der Waals surface area contributed by atoms with E-state index in [1.165, 1.54) is 12.1 Å². The molecule has 0 saturated heterocycles. The fourth-order valence-electron chi connectivity index (χ4n) is 2.58. The summed E-state index contributed by atoms with van der Waals surface area (Å²) in [6.07, 6.45) is 0. The number of nitrogens with zero attached hydrogens (tertiary/aromatic N) is 1. The molecule has 0 radical (unpaired) electrons. The lowest BCUT2D eigenvalue weighted by Crippen LogP contribution is -2.14. The van der Waals surface area contributed by atoms with Crippen molar-refractivity contribution in [2.24, 2.45) is 0 Å². The fourth-order valence-corrected chi connectivity index (χ4v) is 3.08. The molecule has 0 bridgehead atoms. The lowest BCUT2D eigenvalue weighted by atomic mass is 10.1. The number of amides is 1. The molecule has 0 spiro atoms. The number of anilines is 1. The molecule has 0 atom stereocenters. The summed E-state index contributed by atoms with van der Waals surface area (Å²) < 4.78 is 5.59. The zero-order valence-corrected chi connectivity index (χ0v) is 15.9. The molecule has 0 unspecified atom stereocenters. The second-order valence-corrected chi connectivity index (χ2v) is 6.74. The van der Waals surface area contributed by atoms with Gasteiger partial charge in [0.2, 0.25) is 0 Å². The van der Waals surface area contributed by atoms with Gasteiger partial charge in [-0.05, 0) is 55.3 Å². The van der Waals surface area contributed by atoms with E-state index >= 15 is 0 Å². The van der Waals surface area contributed by atoms with Crippen molar-refractivity contribution in [3.05, 3.63) is 79.5 Å². The largest absolute Gasteiger partial charge is 0.451 e. The molecule has 0 fully saturated rings. The lowest BCUT2D eigenvalue weighted by molar-refractivity contribution is -0.384. The van der Waals surface area contributed by atoms with Crippen molar-refractivity contribution >= 4 is 40.5 Å². The van der Waals surface area contributed by atoms with Crippen LogP contribution in [0.2, 0.25) is 10.0 Å². The van der Waals surface area contributed by atoms with E-state index < -0.39 is 10.8 Å². The number of halogens is 2. The molecule has 138 valence electrons. The highest BCUT2D eigenvalue weighted by Gasteiger charge is 2.22. The quantitative estimate of drug-likeness (QED) is 0.424. The maximum Gasteiger partial charge on any atom is 0.293 e. The molecular weight excluding hydrogens is 391 g/mol. The average molecular weight is 405 g/mol. The maximum absolute atomic E-state index is 12.6. The SMILES string of the molecule is Cc1ccc([N+](=O)[O-])c(NC(=O)c2ccc(-c3ccc(Cl)cc3Cl)o2)c1C. The van der Waals surface area contributed by atoms with Gasteiger partial charge in [0.25, 0.3) is 11.6 Å². The van der Waals surface area contributed by atoms with Crippen molar-refractivity contribution in [3.8, 4) is 11.3 Å².